The van der Waals surface area contributed by atoms with E-state index in [-0.39, 0.29) is 11.7 Å². The maximum absolute atomic E-state index is 12.4. The molecule has 0 aliphatic rings. The number of hydrogen-bond acceptors (Lipinski definition) is 5. The number of rotatable bonds is 3. The molecule has 0 unspecified atom stereocenters. The van der Waals surface area contributed by atoms with Crippen LogP contribution in [0.15, 0.2) is 28.8 Å². The van der Waals surface area contributed by atoms with Gasteiger partial charge in [-0.1, -0.05) is 25.9 Å². The maximum atomic E-state index is 12.4. The number of benzene rings is 1. The molecule has 24 heavy (non-hydrogen) atoms. The molecule has 0 spiro atoms. The Balaban J connectivity index is 2.11. The Morgan fingerprint density at radius 1 is 1.21 bits per heavy atom. The molecule has 3 N–H and O–H groups in total. The van der Waals surface area contributed by atoms with Crippen molar-refractivity contribution in [3.63, 3.8) is 0 Å². The lowest BCUT2D eigenvalue weighted by Gasteiger charge is -2.25. The molecule has 1 atom stereocenters. The third-order valence-electron chi connectivity index (χ3n) is 3.29. The van der Waals surface area contributed by atoms with Crippen molar-refractivity contribution in [2.24, 2.45) is 11.1 Å². The van der Waals surface area contributed by atoms with E-state index in [1.165, 1.54) is 24.3 Å². The summed E-state index contributed by atoms with van der Waals surface area (Å²) in [6, 6.07) is 5.29. The van der Waals surface area contributed by atoms with Gasteiger partial charge in [-0.15, -0.1) is 0 Å². The molecule has 0 aliphatic carbocycles. The second-order valence-electron chi connectivity index (χ2n) is 6.33. The number of aromatic nitrogens is 2. The van der Waals surface area contributed by atoms with E-state index in [2.05, 4.69) is 20.0 Å². The largest absolute Gasteiger partial charge is 0.471 e. The fourth-order valence-electron chi connectivity index (χ4n) is 1.77. The molecular weight excluding hydrogens is 325 g/mol. The van der Waals surface area contributed by atoms with Crippen molar-refractivity contribution in [3.05, 3.63) is 30.2 Å². The van der Waals surface area contributed by atoms with Crippen LogP contribution in [0.25, 0.3) is 11.4 Å². The molecule has 0 saturated heterocycles. The van der Waals surface area contributed by atoms with Crippen molar-refractivity contribution in [3.8, 4) is 11.4 Å². The van der Waals surface area contributed by atoms with Gasteiger partial charge in [0.05, 0.1) is 6.04 Å². The van der Waals surface area contributed by atoms with Crippen molar-refractivity contribution >= 4 is 11.6 Å². The van der Waals surface area contributed by atoms with Gasteiger partial charge in [0, 0.05) is 11.3 Å². The van der Waals surface area contributed by atoms with E-state index in [0.29, 0.717) is 11.3 Å². The number of amides is 1. The first kappa shape index (κ1) is 17.9. The van der Waals surface area contributed by atoms with Gasteiger partial charge in [0.15, 0.2) is 0 Å². The lowest BCUT2D eigenvalue weighted by Crippen LogP contribution is -2.45. The van der Waals surface area contributed by atoms with Gasteiger partial charge < -0.3 is 15.6 Å². The second-order valence-corrected chi connectivity index (χ2v) is 6.33. The zero-order valence-electron chi connectivity index (χ0n) is 13.3. The van der Waals surface area contributed by atoms with Gasteiger partial charge in [-0.2, -0.15) is 18.2 Å². The van der Waals surface area contributed by atoms with Crippen LogP contribution in [0.5, 0.6) is 0 Å². The molecule has 0 fully saturated rings. The van der Waals surface area contributed by atoms with E-state index < -0.39 is 23.5 Å². The summed E-state index contributed by atoms with van der Waals surface area (Å²) in [5.41, 5.74) is 6.24. The van der Waals surface area contributed by atoms with E-state index in [0.717, 1.165) is 0 Å². The van der Waals surface area contributed by atoms with Crippen molar-refractivity contribution in [2.45, 2.75) is 33.0 Å². The molecule has 9 heteroatoms. The van der Waals surface area contributed by atoms with Gasteiger partial charge in [-0.25, -0.2) is 0 Å². The third kappa shape index (κ3) is 4.10. The van der Waals surface area contributed by atoms with E-state index in [9.17, 15) is 18.0 Å². The number of alkyl halides is 3. The number of hydrogen-bond donors (Lipinski definition) is 2. The summed E-state index contributed by atoms with van der Waals surface area (Å²) in [5.74, 6) is -1.95. The Kier molecular flexibility index (Phi) is 4.66. The van der Waals surface area contributed by atoms with Crippen LogP contribution in [0, 0.1) is 5.41 Å². The molecule has 1 aromatic heterocycles. The predicted octanol–water partition coefficient (Wildman–Crippen LogP) is 3.07. The highest BCUT2D eigenvalue weighted by Gasteiger charge is 2.38. The lowest BCUT2D eigenvalue weighted by atomic mass is 9.87. The third-order valence-corrected chi connectivity index (χ3v) is 3.29. The minimum atomic E-state index is -4.69. The first-order chi connectivity index (χ1) is 11.0. The molecular formula is C15H17F3N4O2. The Morgan fingerprint density at radius 3 is 2.25 bits per heavy atom. The average molecular weight is 342 g/mol. The monoisotopic (exact) mass is 342 g/mol. The number of nitrogens with two attached hydrogens (primary N) is 1. The van der Waals surface area contributed by atoms with Crippen molar-refractivity contribution in [1.29, 1.82) is 0 Å². The molecule has 1 aromatic carbocycles. The number of nitrogens with zero attached hydrogens (tertiary/aromatic N) is 2. The molecule has 0 radical (unpaired) electrons. The Morgan fingerprint density at radius 2 is 1.79 bits per heavy atom. The van der Waals surface area contributed by atoms with Crippen LogP contribution in [0.3, 0.4) is 0 Å². The minimum absolute atomic E-state index is 0.188. The summed E-state index contributed by atoms with van der Waals surface area (Å²) in [6.07, 6.45) is -4.69. The van der Waals surface area contributed by atoms with Crippen LogP contribution < -0.4 is 11.1 Å². The van der Waals surface area contributed by atoms with Gasteiger partial charge in [0.25, 0.3) is 0 Å². The number of nitrogens with one attached hydrogen (secondary N) is 1. The van der Waals surface area contributed by atoms with Crippen LogP contribution in [0.2, 0.25) is 0 Å². The molecule has 130 valence electrons. The Labute approximate surface area is 136 Å². The number of carbonyl (C=O) groups is 1. The van der Waals surface area contributed by atoms with Crippen LogP contribution in [0.4, 0.5) is 18.9 Å². The lowest BCUT2D eigenvalue weighted by molar-refractivity contribution is -0.159. The van der Waals surface area contributed by atoms with E-state index in [1.54, 1.807) is 0 Å². The highest BCUT2D eigenvalue weighted by molar-refractivity contribution is 5.95. The first-order valence-electron chi connectivity index (χ1n) is 7.06. The number of halogens is 3. The normalized spacial score (nSPS) is 13.6. The van der Waals surface area contributed by atoms with Crippen LogP contribution in [0.1, 0.15) is 26.7 Å². The van der Waals surface area contributed by atoms with Gasteiger partial charge in [-0.3, -0.25) is 4.79 Å². The zero-order valence-corrected chi connectivity index (χ0v) is 13.3. The first-order valence-corrected chi connectivity index (χ1v) is 7.06. The van der Waals surface area contributed by atoms with E-state index >= 15 is 0 Å². The second kappa shape index (κ2) is 6.23. The van der Waals surface area contributed by atoms with Gasteiger partial charge in [-0.05, 0) is 29.7 Å². The smallest absolute Gasteiger partial charge is 0.329 e. The van der Waals surface area contributed by atoms with Crippen LogP contribution in [-0.2, 0) is 11.0 Å². The summed E-state index contributed by atoms with van der Waals surface area (Å²) in [7, 11) is 0. The Bertz CT molecular complexity index is 718. The molecule has 1 heterocycles. The highest BCUT2D eigenvalue weighted by atomic mass is 19.4. The minimum Gasteiger partial charge on any atom is -0.329 e. The molecule has 6 nitrogen and oxygen atoms in total. The fourth-order valence-corrected chi connectivity index (χ4v) is 1.77. The molecule has 0 bridgehead atoms. The summed E-state index contributed by atoms with van der Waals surface area (Å²) < 4.78 is 41.5. The number of anilines is 1. The standard InChI is InChI=1S/C15H17F3N4O2/c1-14(2,3)10(19)12(23)20-9-6-4-8(5-7-9)11-21-13(24-22-11)15(16,17)18/h4-7,10H,19H2,1-3H3,(H,20,23)/t10-/m1/s1. The van der Waals surface area contributed by atoms with Gasteiger partial charge >= 0.3 is 12.1 Å². The molecule has 1 amide bonds. The summed E-state index contributed by atoms with van der Waals surface area (Å²) in [6.45, 7) is 5.53. The van der Waals surface area contributed by atoms with Crippen molar-refractivity contribution in [1.82, 2.24) is 10.1 Å². The maximum Gasteiger partial charge on any atom is 0.471 e. The summed E-state index contributed by atoms with van der Waals surface area (Å²) >= 11 is 0. The van der Waals surface area contributed by atoms with Crippen LogP contribution >= 0.6 is 0 Å². The van der Waals surface area contributed by atoms with Crippen LogP contribution in [-0.4, -0.2) is 22.1 Å². The highest BCUT2D eigenvalue weighted by Crippen LogP contribution is 2.29. The predicted molar refractivity (Wildman–Crippen MR) is 80.8 cm³/mol. The fraction of sp³-hybridized carbons (Fsp3) is 0.400. The molecule has 2 rings (SSSR count). The summed E-state index contributed by atoms with van der Waals surface area (Å²) in [4.78, 5) is 15.3. The van der Waals surface area contributed by atoms with Gasteiger partial charge in [0.1, 0.15) is 0 Å². The van der Waals surface area contributed by atoms with E-state index in [4.69, 9.17) is 5.73 Å². The van der Waals surface area contributed by atoms with Crippen molar-refractivity contribution in [2.75, 3.05) is 5.32 Å². The number of carbonyl (C=O) groups excluding carboxylic acids is 1. The molecule has 0 aliphatic heterocycles. The molecule has 2 aromatic rings. The molecule has 0 saturated carbocycles. The average Bonchev–Trinajstić information content (AvgIpc) is 2.96. The topological polar surface area (TPSA) is 94.0 Å². The van der Waals surface area contributed by atoms with Crippen molar-refractivity contribution < 1.29 is 22.5 Å². The SMILES string of the molecule is CC(C)(C)[C@H](N)C(=O)Nc1ccc(-c2noc(C(F)(F)F)n2)cc1. The summed E-state index contributed by atoms with van der Waals surface area (Å²) in [5, 5.41) is 5.94. The quantitative estimate of drug-likeness (QED) is 0.894. The van der Waals surface area contributed by atoms with Gasteiger partial charge in [0.2, 0.25) is 11.7 Å². The Hall–Kier alpha value is -2.42. The van der Waals surface area contributed by atoms with E-state index in [1.807, 2.05) is 20.8 Å². The zero-order chi connectivity index (χ0) is 18.1.